The predicted octanol–water partition coefficient (Wildman–Crippen LogP) is 4.46. The van der Waals surface area contributed by atoms with Crippen LogP contribution < -0.4 is 14.8 Å². The number of nitrogens with one attached hydrogen (secondary N) is 1. The normalized spacial score (nSPS) is 24.6. The number of anilines is 1. The first-order valence-electron chi connectivity index (χ1n) is 13.0. The van der Waals surface area contributed by atoms with Crippen molar-refractivity contribution in [2.24, 2.45) is 5.92 Å². The van der Waals surface area contributed by atoms with Crippen molar-refractivity contribution in [3.8, 4) is 11.5 Å². The Kier molecular flexibility index (Phi) is 8.02. The Labute approximate surface area is 204 Å². The second-order valence-corrected chi connectivity index (χ2v) is 10.3. The first kappa shape index (κ1) is 24.8. The molecule has 34 heavy (non-hydrogen) atoms. The number of rotatable bonds is 7. The largest absolute Gasteiger partial charge is 0.497 e. The van der Waals surface area contributed by atoms with Crippen LogP contribution in [0.4, 0.5) is 5.69 Å². The Morgan fingerprint density at radius 3 is 2.29 bits per heavy atom. The van der Waals surface area contributed by atoms with E-state index in [9.17, 15) is 9.59 Å². The van der Waals surface area contributed by atoms with Crippen LogP contribution in [0.5, 0.6) is 11.5 Å². The Hall–Kier alpha value is -2.28. The van der Waals surface area contributed by atoms with Crippen LogP contribution in [-0.4, -0.2) is 67.0 Å². The van der Waals surface area contributed by atoms with Crippen molar-refractivity contribution in [1.29, 1.82) is 0 Å². The van der Waals surface area contributed by atoms with Gasteiger partial charge in [-0.05, 0) is 57.5 Å². The molecule has 3 aliphatic rings. The zero-order chi connectivity index (χ0) is 24.1. The topological polar surface area (TPSA) is 71.1 Å². The average molecular weight is 472 g/mol. The average Bonchev–Trinajstić information content (AvgIpc) is 2.87. The molecule has 0 spiro atoms. The molecule has 7 nitrogen and oxygen atoms in total. The number of carbonyl (C=O) groups excluding carboxylic acids is 2. The van der Waals surface area contributed by atoms with Crippen molar-refractivity contribution in [2.75, 3.05) is 39.2 Å². The lowest BCUT2D eigenvalue weighted by Gasteiger charge is -2.50. The van der Waals surface area contributed by atoms with E-state index in [1.807, 2.05) is 4.90 Å². The van der Waals surface area contributed by atoms with Gasteiger partial charge in [0.1, 0.15) is 17.0 Å². The summed E-state index contributed by atoms with van der Waals surface area (Å²) in [6.45, 7) is 4.65. The highest BCUT2D eigenvalue weighted by atomic mass is 16.5. The van der Waals surface area contributed by atoms with Crippen molar-refractivity contribution >= 4 is 17.5 Å². The quantitative estimate of drug-likeness (QED) is 0.636. The molecule has 7 heteroatoms. The summed E-state index contributed by atoms with van der Waals surface area (Å²) >= 11 is 0. The molecule has 1 aromatic rings. The van der Waals surface area contributed by atoms with Gasteiger partial charge in [0.2, 0.25) is 11.8 Å². The van der Waals surface area contributed by atoms with Crippen molar-refractivity contribution < 1.29 is 19.1 Å². The summed E-state index contributed by atoms with van der Waals surface area (Å²) in [5.74, 6) is 1.59. The minimum absolute atomic E-state index is 0.00760. The standard InChI is InChI=1S/C27H41N3O4/c1-20(31)30(19-21-10-9-15-29-14-8-5-11-25(21)29)27(12-6-4-7-13-27)26(32)28-22-16-23(33-2)18-24(17-22)34-3/h16-18,21,25H,4-15,19H2,1-3H3,(H,28,32)/t21?,25-/m0/s1. The zero-order valence-electron chi connectivity index (χ0n) is 21.1. The molecule has 2 amide bonds. The summed E-state index contributed by atoms with van der Waals surface area (Å²) in [5.41, 5.74) is -0.178. The van der Waals surface area contributed by atoms with Gasteiger partial charge < -0.3 is 24.6 Å². The fourth-order valence-electron chi connectivity index (χ4n) is 6.51. The van der Waals surface area contributed by atoms with Crippen LogP contribution in [0.1, 0.15) is 71.1 Å². The number of ether oxygens (including phenoxy) is 2. The van der Waals surface area contributed by atoms with Crippen LogP contribution in [0.3, 0.4) is 0 Å². The molecule has 3 fully saturated rings. The van der Waals surface area contributed by atoms with Gasteiger partial charge in [0.25, 0.3) is 0 Å². The van der Waals surface area contributed by atoms with E-state index in [1.54, 1.807) is 39.3 Å². The summed E-state index contributed by atoms with van der Waals surface area (Å²) < 4.78 is 10.8. The predicted molar refractivity (Wildman–Crippen MR) is 133 cm³/mol. The smallest absolute Gasteiger partial charge is 0.250 e. The fraction of sp³-hybridized carbons (Fsp3) is 0.704. The molecule has 0 aromatic heterocycles. The maximum Gasteiger partial charge on any atom is 0.250 e. The van der Waals surface area contributed by atoms with E-state index in [0.717, 1.165) is 25.7 Å². The van der Waals surface area contributed by atoms with Gasteiger partial charge in [-0.2, -0.15) is 0 Å². The number of hydrogen-bond donors (Lipinski definition) is 1. The molecule has 1 unspecified atom stereocenters. The Balaban J connectivity index is 1.60. The van der Waals surface area contributed by atoms with Gasteiger partial charge in [-0.1, -0.05) is 25.7 Å². The summed E-state index contributed by atoms with van der Waals surface area (Å²) in [7, 11) is 3.19. The van der Waals surface area contributed by atoms with Crippen LogP contribution in [0.25, 0.3) is 0 Å². The molecule has 1 aromatic carbocycles. The zero-order valence-corrected chi connectivity index (χ0v) is 21.1. The molecule has 1 saturated carbocycles. The number of amides is 2. The SMILES string of the molecule is COc1cc(NC(=O)C2(N(CC3CCCN4CCCC[C@@H]34)C(C)=O)CCCCC2)cc(OC)c1. The van der Waals surface area contributed by atoms with Crippen LogP contribution >= 0.6 is 0 Å². The highest BCUT2D eigenvalue weighted by Crippen LogP contribution is 2.39. The minimum Gasteiger partial charge on any atom is -0.497 e. The van der Waals surface area contributed by atoms with E-state index < -0.39 is 5.54 Å². The summed E-state index contributed by atoms with van der Waals surface area (Å²) in [6, 6.07) is 5.93. The number of benzene rings is 1. The van der Waals surface area contributed by atoms with Crippen LogP contribution in [-0.2, 0) is 9.59 Å². The molecule has 0 radical (unpaired) electrons. The molecule has 2 aliphatic heterocycles. The lowest BCUT2D eigenvalue weighted by Crippen LogP contribution is -2.62. The van der Waals surface area contributed by atoms with E-state index in [0.29, 0.717) is 48.5 Å². The molecule has 2 atom stereocenters. The van der Waals surface area contributed by atoms with Gasteiger partial charge in [0.05, 0.1) is 14.2 Å². The van der Waals surface area contributed by atoms with Crippen molar-refractivity contribution in [3.63, 3.8) is 0 Å². The monoisotopic (exact) mass is 471 g/mol. The van der Waals surface area contributed by atoms with Gasteiger partial charge in [0, 0.05) is 43.4 Å². The highest BCUT2D eigenvalue weighted by molar-refractivity contribution is 6.00. The van der Waals surface area contributed by atoms with Crippen LogP contribution in [0.15, 0.2) is 18.2 Å². The number of hydrogen-bond acceptors (Lipinski definition) is 5. The van der Waals surface area contributed by atoms with Gasteiger partial charge in [-0.25, -0.2) is 0 Å². The summed E-state index contributed by atoms with van der Waals surface area (Å²) in [5, 5.41) is 3.13. The third-order valence-corrected chi connectivity index (χ3v) is 8.26. The molecular formula is C27H41N3O4. The Morgan fingerprint density at radius 1 is 0.971 bits per heavy atom. The number of fused-ring (bicyclic) bond motifs is 1. The van der Waals surface area contributed by atoms with Crippen molar-refractivity contribution in [2.45, 2.75) is 82.7 Å². The Bertz CT molecular complexity index is 843. The Morgan fingerprint density at radius 2 is 1.65 bits per heavy atom. The minimum atomic E-state index is -0.808. The highest BCUT2D eigenvalue weighted by Gasteiger charge is 2.48. The third-order valence-electron chi connectivity index (χ3n) is 8.26. The maximum atomic E-state index is 14.0. The maximum absolute atomic E-state index is 14.0. The first-order valence-corrected chi connectivity index (χ1v) is 13.0. The lowest BCUT2D eigenvalue weighted by atomic mass is 9.77. The summed E-state index contributed by atoms with van der Waals surface area (Å²) in [4.78, 5) is 31.7. The van der Waals surface area contributed by atoms with Crippen molar-refractivity contribution in [1.82, 2.24) is 9.80 Å². The molecular weight excluding hydrogens is 430 g/mol. The second-order valence-electron chi connectivity index (χ2n) is 10.3. The van der Waals surface area contributed by atoms with E-state index in [4.69, 9.17) is 9.47 Å². The number of nitrogens with zero attached hydrogens (tertiary/aromatic N) is 2. The first-order chi connectivity index (χ1) is 16.5. The van der Waals surface area contributed by atoms with E-state index in [1.165, 1.54) is 38.8 Å². The molecule has 188 valence electrons. The lowest BCUT2D eigenvalue weighted by molar-refractivity contribution is -0.148. The van der Waals surface area contributed by atoms with Gasteiger partial charge >= 0.3 is 0 Å². The fourth-order valence-corrected chi connectivity index (χ4v) is 6.51. The molecule has 1 N–H and O–H groups in total. The third kappa shape index (κ3) is 5.19. The van der Waals surface area contributed by atoms with E-state index >= 15 is 0 Å². The van der Waals surface area contributed by atoms with Crippen LogP contribution in [0, 0.1) is 5.92 Å². The molecule has 2 saturated heterocycles. The molecule has 2 heterocycles. The van der Waals surface area contributed by atoms with E-state index in [-0.39, 0.29) is 11.8 Å². The molecule has 4 rings (SSSR count). The molecule has 0 bridgehead atoms. The van der Waals surface area contributed by atoms with Crippen molar-refractivity contribution in [3.05, 3.63) is 18.2 Å². The number of piperidine rings is 2. The number of methoxy groups -OCH3 is 2. The van der Waals surface area contributed by atoms with Gasteiger partial charge in [0.15, 0.2) is 0 Å². The number of carbonyl (C=O) groups is 2. The molecule has 1 aliphatic carbocycles. The van der Waals surface area contributed by atoms with E-state index in [2.05, 4.69) is 10.2 Å². The second kappa shape index (κ2) is 11.0. The van der Waals surface area contributed by atoms with Crippen LogP contribution in [0.2, 0.25) is 0 Å². The van der Waals surface area contributed by atoms with Gasteiger partial charge in [-0.15, -0.1) is 0 Å². The van der Waals surface area contributed by atoms with Gasteiger partial charge in [-0.3, -0.25) is 9.59 Å². The summed E-state index contributed by atoms with van der Waals surface area (Å²) in [6.07, 6.45) is 10.5.